The van der Waals surface area contributed by atoms with Crippen LogP contribution in [0.15, 0.2) is 17.5 Å². The molecule has 1 heterocycles. The van der Waals surface area contributed by atoms with Gasteiger partial charge in [-0.25, -0.2) is 9.97 Å². The van der Waals surface area contributed by atoms with Gasteiger partial charge in [-0.3, -0.25) is 0 Å². The molecule has 0 radical (unpaired) electrons. The number of halogens is 3. The maximum atomic E-state index is 11.9. The molecule has 4 nitrogen and oxygen atoms in total. The molecule has 0 atom stereocenters. The molecule has 0 amide bonds. The molecule has 13 heavy (non-hydrogen) atoms. The van der Waals surface area contributed by atoms with Crippen molar-refractivity contribution in [2.24, 2.45) is 5.16 Å². The van der Waals surface area contributed by atoms with Gasteiger partial charge in [0.1, 0.15) is 6.21 Å². The molecule has 0 aromatic carbocycles. The number of hydrogen-bond donors (Lipinski definition) is 1. The van der Waals surface area contributed by atoms with E-state index in [0.717, 1.165) is 6.21 Å². The van der Waals surface area contributed by atoms with Gasteiger partial charge in [0.25, 0.3) is 0 Å². The van der Waals surface area contributed by atoms with Gasteiger partial charge in [0, 0.05) is 12.4 Å². The monoisotopic (exact) mass is 191 g/mol. The fraction of sp³-hybridized carbons (Fsp3) is 0.167. The van der Waals surface area contributed by atoms with E-state index in [1.54, 1.807) is 0 Å². The van der Waals surface area contributed by atoms with Gasteiger partial charge in [0.15, 0.2) is 5.82 Å². The van der Waals surface area contributed by atoms with Crippen LogP contribution in [0.25, 0.3) is 0 Å². The molecule has 0 aliphatic heterocycles. The normalized spacial score (nSPS) is 12.2. The smallest absolute Gasteiger partial charge is 0.411 e. The SMILES string of the molecule is ON=Cc1ncc(C(F)(F)F)cn1. The van der Waals surface area contributed by atoms with Crippen LogP contribution >= 0.6 is 0 Å². The molecule has 1 N–H and O–H groups in total. The van der Waals surface area contributed by atoms with Crippen LogP contribution in [0.1, 0.15) is 11.4 Å². The average Bonchev–Trinajstić information content (AvgIpc) is 2.04. The van der Waals surface area contributed by atoms with E-state index in [-0.39, 0.29) is 5.82 Å². The van der Waals surface area contributed by atoms with E-state index in [1.165, 1.54) is 0 Å². The van der Waals surface area contributed by atoms with Crippen molar-refractivity contribution in [3.8, 4) is 0 Å². The number of rotatable bonds is 1. The van der Waals surface area contributed by atoms with Gasteiger partial charge in [0.05, 0.1) is 5.56 Å². The predicted octanol–water partition coefficient (Wildman–Crippen LogP) is 1.30. The van der Waals surface area contributed by atoms with Crippen molar-refractivity contribution in [1.82, 2.24) is 9.97 Å². The zero-order valence-corrected chi connectivity index (χ0v) is 6.15. The second-order valence-corrected chi connectivity index (χ2v) is 2.07. The van der Waals surface area contributed by atoms with E-state index in [1.807, 2.05) is 0 Å². The van der Waals surface area contributed by atoms with E-state index in [4.69, 9.17) is 5.21 Å². The minimum atomic E-state index is -4.45. The first kappa shape index (κ1) is 9.43. The Labute approximate surface area is 70.7 Å². The Morgan fingerprint density at radius 2 is 1.85 bits per heavy atom. The summed E-state index contributed by atoms with van der Waals surface area (Å²) in [5.41, 5.74) is -0.942. The van der Waals surface area contributed by atoms with Crippen molar-refractivity contribution >= 4 is 6.21 Å². The molecule has 0 aliphatic rings. The molecule has 0 unspecified atom stereocenters. The minimum Gasteiger partial charge on any atom is -0.411 e. The molecule has 0 fully saturated rings. The summed E-state index contributed by atoms with van der Waals surface area (Å²) in [6, 6.07) is 0. The van der Waals surface area contributed by atoms with Gasteiger partial charge >= 0.3 is 6.18 Å². The van der Waals surface area contributed by atoms with Crippen LogP contribution in [0, 0.1) is 0 Å². The number of hydrogen-bond acceptors (Lipinski definition) is 4. The third-order valence-corrected chi connectivity index (χ3v) is 1.17. The predicted molar refractivity (Wildman–Crippen MR) is 36.4 cm³/mol. The summed E-state index contributed by atoms with van der Waals surface area (Å²) in [6.45, 7) is 0. The summed E-state index contributed by atoms with van der Waals surface area (Å²) in [4.78, 5) is 6.59. The highest BCUT2D eigenvalue weighted by atomic mass is 19.4. The maximum absolute atomic E-state index is 11.9. The average molecular weight is 191 g/mol. The zero-order valence-electron chi connectivity index (χ0n) is 6.15. The number of oxime groups is 1. The lowest BCUT2D eigenvalue weighted by Gasteiger charge is -2.03. The Balaban J connectivity index is 2.94. The molecule has 7 heteroatoms. The van der Waals surface area contributed by atoms with Gasteiger partial charge in [-0.15, -0.1) is 0 Å². The third kappa shape index (κ3) is 2.39. The van der Waals surface area contributed by atoms with Crippen LogP contribution in [0.2, 0.25) is 0 Å². The van der Waals surface area contributed by atoms with Crippen LogP contribution in [0.5, 0.6) is 0 Å². The summed E-state index contributed by atoms with van der Waals surface area (Å²) < 4.78 is 35.8. The quantitative estimate of drug-likeness (QED) is 0.413. The fourth-order valence-electron chi connectivity index (χ4n) is 0.603. The van der Waals surface area contributed by atoms with Gasteiger partial charge in [0.2, 0.25) is 0 Å². The van der Waals surface area contributed by atoms with Crippen molar-refractivity contribution in [2.45, 2.75) is 6.18 Å². The molecule has 0 saturated carbocycles. The zero-order chi connectivity index (χ0) is 9.90. The molecule has 1 rings (SSSR count). The van der Waals surface area contributed by atoms with Crippen LogP contribution in [0.3, 0.4) is 0 Å². The fourth-order valence-corrected chi connectivity index (χ4v) is 0.603. The molecule has 0 spiro atoms. The van der Waals surface area contributed by atoms with Gasteiger partial charge in [-0.05, 0) is 0 Å². The summed E-state index contributed by atoms with van der Waals surface area (Å²) in [5, 5.41) is 10.6. The molecular weight excluding hydrogens is 187 g/mol. The Morgan fingerprint density at radius 3 is 2.23 bits per heavy atom. The van der Waals surface area contributed by atoms with Crippen molar-refractivity contribution in [1.29, 1.82) is 0 Å². The Kier molecular flexibility index (Phi) is 2.45. The molecule has 0 saturated heterocycles. The standard InChI is InChI=1S/C6H4F3N3O/c7-6(8,9)4-1-10-5(3-12-13)11-2-4/h1-3,13H. The first-order valence-electron chi connectivity index (χ1n) is 3.10. The van der Waals surface area contributed by atoms with Crippen molar-refractivity contribution in [3.05, 3.63) is 23.8 Å². The van der Waals surface area contributed by atoms with Gasteiger partial charge in [-0.1, -0.05) is 5.16 Å². The largest absolute Gasteiger partial charge is 0.419 e. The lowest BCUT2D eigenvalue weighted by molar-refractivity contribution is -0.138. The lowest BCUT2D eigenvalue weighted by Crippen LogP contribution is -2.07. The van der Waals surface area contributed by atoms with Crippen molar-refractivity contribution in [2.75, 3.05) is 0 Å². The van der Waals surface area contributed by atoms with Crippen LogP contribution in [0.4, 0.5) is 13.2 Å². The van der Waals surface area contributed by atoms with E-state index < -0.39 is 11.7 Å². The summed E-state index contributed by atoms with van der Waals surface area (Å²) in [6.07, 6.45) is -2.39. The third-order valence-electron chi connectivity index (χ3n) is 1.17. The Morgan fingerprint density at radius 1 is 1.31 bits per heavy atom. The second kappa shape index (κ2) is 3.38. The van der Waals surface area contributed by atoms with Gasteiger partial charge in [-0.2, -0.15) is 13.2 Å². The maximum Gasteiger partial charge on any atom is 0.419 e. The topological polar surface area (TPSA) is 58.4 Å². The highest BCUT2D eigenvalue weighted by Gasteiger charge is 2.31. The molecule has 1 aromatic heterocycles. The van der Waals surface area contributed by atoms with Crippen LogP contribution in [-0.4, -0.2) is 21.4 Å². The van der Waals surface area contributed by atoms with E-state index in [9.17, 15) is 13.2 Å². The summed E-state index contributed by atoms with van der Waals surface area (Å²) in [7, 11) is 0. The second-order valence-electron chi connectivity index (χ2n) is 2.07. The first-order valence-corrected chi connectivity index (χ1v) is 3.10. The van der Waals surface area contributed by atoms with E-state index >= 15 is 0 Å². The van der Waals surface area contributed by atoms with Crippen molar-refractivity contribution in [3.63, 3.8) is 0 Å². The molecule has 70 valence electrons. The number of nitrogens with zero attached hydrogens (tertiary/aromatic N) is 3. The molecule has 0 bridgehead atoms. The van der Waals surface area contributed by atoms with Gasteiger partial charge < -0.3 is 5.21 Å². The highest BCUT2D eigenvalue weighted by Crippen LogP contribution is 2.27. The molecular formula is C6H4F3N3O. The minimum absolute atomic E-state index is 0.0875. The van der Waals surface area contributed by atoms with E-state index in [2.05, 4.69) is 15.1 Å². The Hall–Kier alpha value is -1.66. The van der Waals surface area contributed by atoms with E-state index in [0.29, 0.717) is 12.4 Å². The number of aromatic nitrogens is 2. The summed E-state index contributed by atoms with van der Waals surface area (Å²) >= 11 is 0. The molecule has 0 aliphatic carbocycles. The number of alkyl halides is 3. The highest BCUT2D eigenvalue weighted by molar-refractivity contribution is 5.73. The summed E-state index contributed by atoms with van der Waals surface area (Å²) in [5.74, 6) is -0.0875. The van der Waals surface area contributed by atoms with Crippen molar-refractivity contribution < 1.29 is 18.4 Å². The lowest BCUT2D eigenvalue weighted by atomic mass is 10.3. The Bertz CT molecular complexity index is 306. The molecule has 1 aromatic rings. The first-order chi connectivity index (χ1) is 6.04. The van der Waals surface area contributed by atoms with Crippen LogP contribution in [-0.2, 0) is 6.18 Å². The van der Waals surface area contributed by atoms with Crippen LogP contribution < -0.4 is 0 Å².